The average Bonchev–Trinajstić information content (AvgIpc) is 3.11. The second-order valence-electron chi connectivity index (χ2n) is 4.63. The van der Waals surface area contributed by atoms with E-state index in [1.807, 2.05) is 4.57 Å². The van der Waals surface area contributed by atoms with Gasteiger partial charge in [-0.05, 0) is 12.8 Å². The molecule has 1 aliphatic rings. The van der Waals surface area contributed by atoms with Crippen LogP contribution in [0, 0.1) is 17.5 Å². The number of hydrogen-bond donors (Lipinski definition) is 1. The van der Waals surface area contributed by atoms with Gasteiger partial charge in [-0.2, -0.15) is 0 Å². The minimum atomic E-state index is -1.20. The molecule has 1 aromatic heterocycles. The number of anilines is 1. The molecule has 0 spiro atoms. The van der Waals surface area contributed by atoms with E-state index in [9.17, 15) is 13.2 Å². The molecule has 0 radical (unpaired) electrons. The van der Waals surface area contributed by atoms with Crippen molar-refractivity contribution in [1.82, 2.24) is 9.55 Å². The van der Waals surface area contributed by atoms with Crippen LogP contribution in [-0.4, -0.2) is 9.55 Å². The molecule has 1 aliphatic carbocycles. The van der Waals surface area contributed by atoms with E-state index in [1.54, 1.807) is 12.5 Å². The highest BCUT2D eigenvalue weighted by molar-refractivity contribution is 5.45. The standard InChI is InChI=1S/C13H12F3N3/c14-8-3-11(15)13(16)12(4-8)18-6-10-5-17-7-19(10)9-1-2-9/h3-5,7,9,18H,1-2,6H2. The number of halogens is 3. The highest BCUT2D eigenvalue weighted by Gasteiger charge is 2.25. The van der Waals surface area contributed by atoms with E-state index in [0.717, 1.165) is 24.6 Å². The number of aromatic nitrogens is 2. The van der Waals surface area contributed by atoms with Crippen LogP contribution in [-0.2, 0) is 6.54 Å². The molecular weight excluding hydrogens is 255 g/mol. The van der Waals surface area contributed by atoms with Crippen LogP contribution in [0.15, 0.2) is 24.7 Å². The second kappa shape index (κ2) is 4.60. The lowest BCUT2D eigenvalue weighted by Crippen LogP contribution is -2.08. The number of rotatable bonds is 4. The lowest BCUT2D eigenvalue weighted by atomic mass is 10.2. The van der Waals surface area contributed by atoms with E-state index in [1.165, 1.54) is 0 Å². The normalized spacial score (nSPS) is 14.7. The molecule has 0 atom stereocenters. The lowest BCUT2D eigenvalue weighted by Gasteiger charge is -2.10. The van der Waals surface area contributed by atoms with Crippen LogP contribution in [0.25, 0.3) is 0 Å². The van der Waals surface area contributed by atoms with E-state index in [2.05, 4.69) is 10.3 Å². The SMILES string of the molecule is Fc1cc(F)c(F)c(NCc2cncn2C2CC2)c1. The second-order valence-corrected chi connectivity index (χ2v) is 4.63. The van der Waals surface area contributed by atoms with Crippen LogP contribution in [0.2, 0.25) is 0 Å². The van der Waals surface area contributed by atoms with Crippen molar-refractivity contribution >= 4 is 5.69 Å². The molecule has 100 valence electrons. The largest absolute Gasteiger partial charge is 0.377 e. The van der Waals surface area contributed by atoms with Gasteiger partial charge in [0.1, 0.15) is 5.82 Å². The van der Waals surface area contributed by atoms with Crippen molar-refractivity contribution in [3.63, 3.8) is 0 Å². The highest BCUT2D eigenvalue weighted by Crippen LogP contribution is 2.35. The zero-order chi connectivity index (χ0) is 13.4. The Kier molecular flexibility index (Phi) is 2.93. The van der Waals surface area contributed by atoms with E-state index >= 15 is 0 Å². The number of hydrogen-bond acceptors (Lipinski definition) is 2. The molecule has 0 bridgehead atoms. The lowest BCUT2D eigenvalue weighted by molar-refractivity contribution is 0.497. The van der Waals surface area contributed by atoms with Crippen molar-refractivity contribution in [3.05, 3.63) is 47.8 Å². The summed E-state index contributed by atoms with van der Waals surface area (Å²) in [6.45, 7) is 0.274. The zero-order valence-electron chi connectivity index (χ0n) is 10.0. The summed E-state index contributed by atoms with van der Waals surface area (Å²) in [5.74, 6) is -3.07. The van der Waals surface area contributed by atoms with Gasteiger partial charge >= 0.3 is 0 Å². The van der Waals surface area contributed by atoms with E-state index < -0.39 is 17.5 Å². The van der Waals surface area contributed by atoms with E-state index in [-0.39, 0.29) is 12.2 Å². The van der Waals surface area contributed by atoms with Crippen molar-refractivity contribution in [2.24, 2.45) is 0 Å². The molecule has 1 heterocycles. The maximum Gasteiger partial charge on any atom is 0.182 e. The van der Waals surface area contributed by atoms with Gasteiger partial charge in [0, 0.05) is 24.4 Å². The summed E-state index contributed by atoms with van der Waals surface area (Å²) < 4.78 is 41.5. The Morgan fingerprint density at radius 1 is 1.26 bits per heavy atom. The molecule has 2 aromatic rings. The van der Waals surface area contributed by atoms with Crippen molar-refractivity contribution in [2.45, 2.75) is 25.4 Å². The highest BCUT2D eigenvalue weighted by atomic mass is 19.2. The van der Waals surface area contributed by atoms with E-state index in [4.69, 9.17) is 0 Å². The minimum Gasteiger partial charge on any atom is -0.377 e. The van der Waals surface area contributed by atoms with Gasteiger partial charge in [-0.1, -0.05) is 0 Å². The Morgan fingerprint density at radius 2 is 2.05 bits per heavy atom. The van der Waals surface area contributed by atoms with Gasteiger partial charge in [0.25, 0.3) is 0 Å². The number of nitrogens with one attached hydrogen (secondary N) is 1. The third-order valence-electron chi connectivity index (χ3n) is 3.14. The Hall–Kier alpha value is -1.98. The van der Waals surface area contributed by atoms with Crippen LogP contribution in [0.3, 0.4) is 0 Å². The molecule has 6 heteroatoms. The summed E-state index contributed by atoms with van der Waals surface area (Å²) in [4.78, 5) is 4.03. The monoisotopic (exact) mass is 267 g/mol. The van der Waals surface area contributed by atoms with Crippen LogP contribution in [0.1, 0.15) is 24.6 Å². The summed E-state index contributed by atoms with van der Waals surface area (Å²) >= 11 is 0. The molecule has 1 fully saturated rings. The Labute approximate surface area is 108 Å². The first-order valence-electron chi connectivity index (χ1n) is 6.04. The van der Waals surface area contributed by atoms with Crippen molar-refractivity contribution in [1.29, 1.82) is 0 Å². The third-order valence-corrected chi connectivity index (χ3v) is 3.14. The van der Waals surface area contributed by atoms with Gasteiger partial charge in [-0.3, -0.25) is 0 Å². The Morgan fingerprint density at radius 3 is 2.79 bits per heavy atom. The molecule has 1 aromatic carbocycles. The van der Waals surface area contributed by atoms with Crippen molar-refractivity contribution in [2.75, 3.05) is 5.32 Å². The van der Waals surface area contributed by atoms with Crippen LogP contribution in [0.4, 0.5) is 18.9 Å². The maximum absolute atomic E-state index is 13.5. The van der Waals surface area contributed by atoms with Crippen LogP contribution in [0.5, 0.6) is 0 Å². The number of benzene rings is 1. The van der Waals surface area contributed by atoms with Gasteiger partial charge in [0.05, 0.1) is 24.3 Å². The van der Waals surface area contributed by atoms with Gasteiger partial charge in [0.2, 0.25) is 0 Å². The molecule has 1 N–H and O–H groups in total. The first-order chi connectivity index (χ1) is 9.15. The smallest absolute Gasteiger partial charge is 0.182 e. The first kappa shape index (κ1) is 12.1. The number of imidazole rings is 1. The molecule has 3 rings (SSSR count). The molecule has 19 heavy (non-hydrogen) atoms. The molecule has 0 saturated heterocycles. The fourth-order valence-electron chi connectivity index (χ4n) is 2.02. The fourth-order valence-corrected chi connectivity index (χ4v) is 2.02. The molecular formula is C13H12F3N3. The van der Waals surface area contributed by atoms with Gasteiger partial charge in [-0.15, -0.1) is 0 Å². The maximum atomic E-state index is 13.5. The third kappa shape index (κ3) is 2.43. The van der Waals surface area contributed by atoms with E-state index in [0.29, 0.717) is 12.1 Å². The minimum absolute atomic E-state index is 0.180. The van der Waals surface area contributed by atoms with Gasteiger partial charge in [-0.25, -0.2) is 18.2 Å². The molecule has 3 nitrogen and oxygen atoms in total. The van der Waals surface area contributed by atoms with Crippen molar-refractivity contribution in [3.8, 4) is 0 Å². The van der Waals surface area contributed by atoms with Gasteiger partial charge < -0.3 is 9.88 Å². The Balaban J connectivity index is 1.77. The molecule has 1 saturated carbocycles. The van der Waals surface area contributed by atoms with Crippen molar-refractivity contribution < 1.29 is 13.2 Å². The predicted molar refractivity (Wildman–Crippen MR) is 64.1 cm³/mol. The summed E-state index contributed by atoms with van der Waals surface area (Å²) in [5, 5.41) is 2.70. The topological polar surface area (TPSA) is 29.9 Å². The summed E-state index contributed by atoms with van der Waals surface area (Å²) in [7, 11) is 0. The molecule has 0 unspecified atom stereocenters. The predicted octanol–water partition coefficient (Wildman–Crippen LogP) is 3.25. The van der Waals surface area contributed by atoms with Crippen LogP contribution >= 0.6 is 0 Å². The Bertz CT molecular complexity index is 605. The number of nitrogens with zero attached hydrogens (tertiary/aromatic N) is 2. The van der Waals surface area contributed by atoms with Crippen LogP contribution < -0.4 is 5.32 Å². The quantitative estimate of drug-likeness (QED) is 0.862. The first-order valence-corrected chi connectivity index (χ1v) is 6.04. The van der Waals surface area contributed by atoms with Gasteiger partial charge in [0.15, 0.2) is 11.6 Å². The summed E-state index contributed by atoms with van der Waals surface area (Å²) in [6.07, 6.45) is 5.59. The summed E-state index contributed by atoms with van der Waals surface area (Å²) in [5.41, 5.74) is 0.688. The zero-order valence-corrected chi connectivity index (χ0v) is 10.0. The fraction of sp³-hybridized carbons (Fsp3) is 0.308. The molecule has 0 amide bonds. The molecule has 0 aliphatic heterocycles. The summed E-state index contributed by atoms with van der Waals surface area (Å²) in [6, 6.07) is 1.92. The average molecular weight is 267 g/mol.